The van der Waals surface area contributed by atoms with Crippen LogP contribution in [0.25, 0.3) is 0 Å². The Kier molecular flexibility index (Phi) is 5.45. The third-order valence-electron chi connectivity index (χ3n) is 3.54. The lowest BCUT2D eigenvalue weighted by atomic mass is 10.2. The molecule has 2 rings (SSSR count). The molecule has 0 saturated carbocycles. The fourth-order valence-electron chi connectivity index (χ4n) is 2.49. The normalized spacial score (nSPS) is 17.2. The summed E-state index contributed by atoms with van der Waals surface area (Å²) in [6.45, 7) is 7.78. The van der Waals surface area contributed by atoms with Gasteiger partial charge < -0.3 is 10.1 Å². The summed E-state index contributed by atoms with van der Waals surface area (Å²) >= 11 is 0. The first kappa shape index (κ1) is 16.4. The van der Waals surface area contributed by atoms with Gasteiger partial charge in [-0.15, -0.1) is 0 Å². The largest absolute Gasteiger partial charge is 0.379 e. The Morgan fingerprint density at radius 2 is 2.23 bits per heavy atom. The lowest BCUT2D eigenvalue weighted by molar-refractivity contribution is -0.385. The van der Waals surface area contributed by atoms with Gasteiger partial charge in [0.2, 0.25) is 5.69 Å². The summed E-state index contributed by atoms with van der Waals surface area (Å²) in [5, 5.41) is 17.7. The molecule has 1 N–H and O–H groups in total. The molecule has 0 spiro atoms. The number of aromatic nitrogens is 2. The topological polar surface area (TPSA) is 103 Å². The van der Waals surface area contributed by atoms with Crippen molar-refractivity contribution in [1.82, 2.24) is 20.0 Å². The number of ether oxygens (including phenoxy) is 1. The molecule has 1 atom stereocenters. The number of hydrogen-bond acceptors (Lipinski definition) is 6. The highest BCUT2D eigenvalue weighted by molar-refractivity contribution is 5.96. The van der Waals surface area contributed by atoms with Gasteiger partial charge in [-0.05, 0) is 13.8 Å². The van der Waals surface area contributed by atoms with Crippen LogP contribution in [-0.4, -0.2) is 64.4 Å². The minimum atomic E-state index is -0.583. The quantitative estimate of drug-likeness (QED) is 0.597. The van der Waals surface area contributed by atoms with Crippen LogP contribution >= 0.6 is 0 Å². The molecule has 1 aliphatic heterocycles. The molecule has 1 fully saturated rings. The molecule has 1 aliphatic rings. The van der Waals surface area contributed by atoms with Crippen LogP contribution in [0.4, 0.5) is 5.69 Å². The number of nitrogens with one attached hydrogen (secondary N) is 1. The minimum Gasteiger partial charge on any atom is -0.379 e. The number of nitro groups is 1. The third kappa shape index (κ3) is 3.80. The van der Waals surface area contributed by atoms with E-state index in [1.54, 1.807) is 6.92 Å². The van der Waals surface area contributed by atoms with Crippen molar-refractivity contribution < 1.29 is 14.5 Å². The van der Waals surface area contributed by atoms with Crippen LogP contribution in [0.1, 0.15) is 24.3 Å². The molecular formula is C13H21N5O4. The van der Waals surface area contributed by atoms with E-state index in [9.17, 15) is 14.9 Å². The van der Waals surface area contributed by atoms with Gasteiger partial charge in [-0.3, -0.25) is 24.5 Å². The molecule has 9 nitrogen and oxygen atoms in total. The Balaban J connectivity index is 2.01. The minimum absolute atomic E-state index is 0.00123. The Labute approximate surface area is 128 Å². The number of carbonyl (C=O) groups excluding carboxylic acids is 1. The Hall–Kier alpha value is -2.00. The molecule has 0 aromatic carbocycles. The van der Waals surface area contributed by atoms with E-state index >= 15 is 0 Å². The van der Waals surface area contributed by atoms with E-state index < -0.39 is 10.8 Å². The van der Waals surface area contributed by atoms with E-state index in [1.807, 2.05) is 6.92 Å². The predicted octanol–water partition coefficient (Wildman–Crippen LogP) is 0.262. The van der Waals surface area contributed by atoms with Crippen molar-refractivity contribution in [3.8, 4) is 0 Å². The molecule has 1 unspecified atom stereocenters. The lowest BCUT2D eigenvalue weighted by Crippen LogP contribution is -2.46. The average Bonchev–Trinajstić information content (AvgIpc) is 2.92. The van der Waals surface area contributed by atoms with Crippen molar-refractivity contribution in [1.29, 1.82) is 0 Å². The number of nitrogens with zero attached hydrogens (tertiary/aromatic N) is 4. The van der Waals surface area contributed by atoms with Gasteiger partial charge in [0.25, 0.3) is 5.91 Å². The molecule has 22 heavy (non-hydrogen) atoms. The van der Waals surface area contributed by atoms with Crippen molar-refractivity contribution in [3.05, 3.63) is 22.0 Å². The van der Waals surface area contributed by atoms with Crippen LogP contribution in [0, 0.1) is 10.1 Å². The summed E-state index contributed by atoms with van der Waals surface area (Å²) in [6, 6.07) is -0.120. The number of aryl methyl sites for hydroxylation is 1. The summed E-state index contributed by atoms with van der Waals surface area (Å²) in [4.78, 5) is 25.0. The van der Waals surface area contributed by atoms with E-state index in [4.69, 9.17) is 4.74 Å². The van der Waals surface area contributed by atoms with Gasteiger partial charge in [-0.2, -0.15) is 5.10 Å². The fourth-order valence-corrected chi connectivity index (χ4v) is 2.49. The Morgan fingerprint density at radius 3 is 2.82 bits per heavy atom. The molecule has 0 aliphatic carbocycles. The molecule has 1 aromatic heterocycles. The zero-order chi connectivity index (χ0) is 16.1. The van der Waals surface area contributed by atoms with Crippen LogP contribution < -0.4 is 5.32 Å². The van der Waals surface area contributed by atoms with Gasteiger partial charge in [0.1, 0.15) is 6.20 Å². The molecule has 2 heterocycles. The van der Waals surface area contributed by atoms with Crippen molar-refractivity contribution in [2.24, 2.45) is 0 Å². The van der Waals surface area contributed by atoms with Gasteiger partial charge >= 0.3 is 5.69 Å². The van der Waals surface area contributed by atoms with Gasteiger partial charge in [0.05, 0.1) is 18.1 Å². The lowest BCUT2D eigenvalue weighted by Gasteiger charge is -2.29. The van der Waals surface area contributed by atoms with Gasteiger partial charge in [0, 0.05) is 32.2 Å². The van der Waals surface area contributed by atoms with Crippen LogP contribution in [-0.2, 0) is 11.3 Å². The summed E-state index contributed by atoms with van der Waals surface area (Å²) in [5.41, 5.74) is -0.265. The zero-order valence-electron chi connectivity index (χ0n) is 12.8. The Bertz CT molecular complexity index is 539. The summed E-state index contributed by atoms with van der Waals surface area (Å²) in [7, 11) is 0. The van der Waals surface area contributed by atoms with Gasteiger partial charge in [-0.1, -0.05) is 0 Å². The highest BCUT2D eigenvalue weighted by Crippen LogP contribution is 2.17. The predicted molar refractivity (Wildman–Crippen MR) is 78.7 cm³/mol. The zero-order valence-corrected chi connectivity index (χ0v) is 12.8. The Morgan fingerprint density at radius 1 is 1.55 bits per heavy atom. The van der Waals surface area contributed by atoms with Gasteiger partial charge in [-0.25, -0.2) is 0 Å². The first-order valence-corrected chi connectivity index (χ1v) is 7.34. The summed E-state index contributed by atoms with van der Waals surface area (Å²) in [5.74, 6) is -0.466. The average molecular weight is 311 g/mol. The molecule has 122 valence electrons. The smallest absolute Gasteiger partial charge is 0.320 e. The van der Waals surface area contributed by atoms with Crippen molar-refractivity contribution in [2.45, 2.75) is 26.4 Å². The summed E-state index contributed by atoms with van der Waals surface area (Å²) in [6.07, 6.45) is 1.12. The fraction of sp³-hybridized carbons (Fsp3) is 0.692. The van der Waals surface area contributed by atoms with E-state index in [1.165, 1.54) is 4.68 Å². The molecule has 1 amide bonds. The number of carbonyl (C=O) groups is 1. The van der Waals surface area contributed by atoms with Crippen LogP contribution in [0.5, 0.6) is 0 Å². The number of amides is 1. The van der Waals surface area contributed by atoms with E-state index in [-0.39, 0.29) is 17.4 Å². The monoisotopic (exact) mass is 311 g/mol. The van der Waals surface area contributed by atoms with Gasteiger partial charge in [0.15, 0.2) is 0 Å². The van der Waals surface area contributed by atoms with Crippen LogP contribution in [0.3, 0.4) is 0 Å². The van der Waals surface area contributed by atoms with E-state index in [0.717, 1.165) is 19.3 Å². The maximum Gasteiger partial charge on any atom is 0.320 e. The molecule has 1 saturated heterocycles. The second-order valence-corrected chi connectivity index (χ2v) is 5.24. The van der Waals surface area contributed by atoms with Crippen molar-refractivity contribution in [3.63, 3.8) is 0 Å². The standard InChI is InChI=1S/C13H21N5O4/c1-3-17-12(11(8-14-17)18(20)21)13(19)15-10(2)9-16-4-6-22-7-5-16/h8,10H,3-7,9H2,1-2H3,(H,15,19). The highest BCUT2D eigenvalue weighted by Gasteiger charge is 2.27. The molecule has 0 radical (unpaired) electrons. The second-order valence-electron chi connectivity index (χ2n) is 5.24. The first-order chi connectivity index (χ1) is 10.5. The van der Waals surface area contributed by atoms with Crippen molar-refractivity contribution in [2.75, 3.05) is 32.8 Å². The van der Waals surface area contributed by atoms with Crippen LogP contribution in [0.2, 0.25) is 0 Å². The maximum absolute atomic E-state index is 12.3. The first-order valence-electron chi connectivity index (χ1n) is 7.34. The summed E-state index contributed by atoms with van der Waals surface area (Å²) < 4.78 is 6.62. The molecule has 0 bridgehead atoms. The van der Waals surface area contributed by atoms with Crippen molar-refractivity contribution >= 4 is 11.6 Å². The van der Waals surface area contributed by atoms with E-state index in [2.05, 4.69) is 15.3 Å². The molecule has 1 aromatic rings. The maximum atomic E-state index is 12.3. The van der Waals surface area contributed by atoms with E-state index in [0.29, 0.717) is 26.3 Å². The number of morpholine rings is 1. The molecular weight excluding hydrogens is 290 g/mol. The van der Waals surface area contributed by atoms with Crippen LogP contribution in [0.15, 0.2) is 6.20 Å². The second kappa shape index (κ2) is 7.32. The molecule has 9 heteroatoms. The number of rotatable bonds is 6. The SMILES string of the molecule is CCn1ncc([N+](=O)[O-])c1C(=O)NC(C)CN1CCOCC1. The number of hydrogen-bond donors (Lipinski definition) is 1. The third-order valence-corrected chi connectivity index (χ3v) is 3.54. The highest BCUT2D eigenvalue weighted by atomic mass is 16.6.